The van der Waals surface area contributed by atoms with E-state index in [0.29, 0.717) is 17.9 Å². The molecule has 0 aliphatic carbocycles. The Morgan fingerprint density at radius 2 is 1.75 bits per heavy atom. The first-order valence-electron chi connectivity index (χ1n) is 6.48. The highest BCUT2D eigenvalue weighted by molar-refractivity contribution is 8.12. The molecule has 0 aliphatic rings. The Labute approximate surface area is 124 Å². The highest BCUT2D eigenvalue weighted by Crippen LogP contribution is 2.14. The largest absolute Gasteiger partial charge is 0.456 e. The van der Waals surface area contributed by atoms with E-state index in [1.165, 1.54) is 11.8 Å². The maximum absolute atomic E-state index is 11.8. The molecule has 0 bridgehead atoms. The number of carbonyl (C=O) groups excluding carboxylic acids is 2. The molecule has 0 spiro atoms. The number of thioether (sulfide) groups is 1. The highest BCUT2D eigenvalue weighted by atomic mass is 32.2. The molecule has 0 saturated heterocycles. The molecule has 0 saturated carbocycles. The zero-order valence-corrected chi connectivity index (χ0v) is 13.3. The van der Waals surface area contributed by atoms with E-state index in [4.69, 9.17) is 4.74 Å². The van der Waals surface area contributed by atoms with Crippen molar-refractivity contribution in [2.24, 2.45) is 0 Å². The zero-order chi connectivity index (χ0) is 15.2. The Bertz CT molecular complexity index is 463. The number of hydrogen-bond donors (Lipinski definition) is 0. The van der Waals surface area contributed by atoms with Crippen LogP contribution < -0.4 is 0 Å². The summed E-state index contributed by atoms with van der Waals surface area (Å²) in [6, 6.07) is 7.19. The van der Waals surface area contributed by atoms with E-state index in [1.807, 2.05) is 12.1 Å². The number of quaternary nitrogens is 1. The van der Waals surface area contributed by atoms with Gasteiger partial charge in [-0.1, -0.05) is 23.9 Å². The fourth-order valence-corrected chi connectivity index (χ4v) is 1.98. The van der Waals surface area contributed by atoms with Crippen LogP contribution in [0.2, 0.25) is 0 Å². The van der Waals surface area contributed by atoms with Gasteiger partial charge < -0.3 is 9.22 Å². The maximum Gasteiger partial charge on any atom is 0.338 e. The van der Waals surface area contributed by atoms with Crippen molar-refractivity contribution in [3.63, 3.8) is 0 Å². The lowest BCUT2D eigenvalue weighted by molar-refractivity contribution is -0.870. The maximum atomic E-state index is 11.8. The SMILES string of the molecule is CC(=O)SCc1ccc(C(=O)OCC[N+](C)(C)C)cc1. The van der Waals surface area contributed by atoms with Crippen molar-refractivity contribution in [1.82, 2.24) is 0 Å². The standard InChI is InChI=1S/C15H22NO3S/c1-12(17)20-11-13-5-7-14(8-6-13)15(18)19-10-9-16(2,3)4/h5-8H,9-11H2,1-4H3/q+1. The van der Waals surface area contributed by atoms with Crippen molar-refractivity contribution < 1.29 is 18.8 Å². The summed E-state index contributed by atoms with van der Waals surface area (Å²) in [5.74, 6) is 0.329. The minimum absolute atomic E-state index is 0.0915. The van der Waals surface area contributed by atoms with Crippen LogP contribution >= 0.6 is 11.8 Å². The van der Waals surface area contributed by atoms with Gasteiger partial charge in [0.1, 0.15) is 13.2 Å². The monoisotopic (exact) mass is 296 g/mol. The lowest BCUT2D eigenvalue weighted by Crippen LogP contribution is -2.38. The molecule has 0 atom stereocenters. The van der Waals surface area contributed by atoms with E-state index in [1.54, 1.807) is 19.1 Å². The Balaban J connectivity index is 2.47. The third-order valence-corrected chi connectivity index (χ3v) is 3.51. The van der Waals surface area contributed by atoms with Gasteiger partial charge in [0.2, 0.25) is 0 Å². The molecule has 5 heteroatoms. The molecule has 0 aliphatic heterocycles. The number of nitrogens with zero attached hydrogens (tertiary/aromatic N) is 1. The predicted molar refractivity (Wildman–Crippen MR) is 81.6 cm³/mol. The van der Waals surface area contributed by atoms with E-state index in [9.17, 15) is 9.59 Å². The van der Waals surface area contributed by atoms with Crippen LogP contribution in [0, 0.1) is 0 Å². The highest BCUT2D eigenvalue weighted by Gasteiger charge is 2.11. The first kappa shape index (κ1) is 16.7. The second-order valence-electron chi connectivity index (χ2n) is 5.63. The van der Waals surface area contributed by atoms with Gasteiger partial charge in [-0.05, 0) is 17.7 Å². The molecule has 1 aromatic carbocycles. The van der Waals surface area contributed by atoms with E-state index in [2.05, 4.69) is 21.1 Å². The van der Waals surface area contributed by atoms with Gasteiger partial charge in [-0.15, -0.1) is 0 Å². The summed E-state index contributed by atoms with van der Waals surface area (Å²) in [4.78, 5) is 22.7. The smallest absolute Gasteiger partial charge is 0.338 e. The van der Waals surface area contributed by atoms with Crippen molar-refractivity contribution in [3.8, 4) is 0 Å². The molecule has 1 rings (SSSR count). The molecular weight excluding hydrogens is 274 g/mol. The van der Waals surface area contributed by atoms with Gasteiger partial charge in [0.25, 0.3) is 0 Å². The summed E-state index contributed by atoms with van der Waals surface area (Å²) < 4.78 is 5.99. The Hall–Kier alpha value is -1.33. The van der Waals surface area contributed by atoms with Gasteiger partial charge in [0.15, 0.2) is 5.12 Å². The molecule has 20 heavy (non-hydrogen) atoms. The number of esters is 1. The Morgan fingerprint density at radius 3 is 2.25 bits per heavy atom. The third-order valence-electron chi connectivity index (χ3n) is 2.63. The Kier molecular flexibility index (Phi) is 6.23. The summed E-state index contributed by atoms with van der Waals surface area (Å²) in [5.41, 5.74) is 1.57. The summed E-state index contributed by atoms with van der Waals surface area (Å²) in [7, 11) is 6.15. The zero-order valence-electron chi connectivity index (χ0n) is 12.5. The minimum atomic E-state index is -0.302. The van der Waals surface area contributed by atoms with Gasteiger partial charge in [0, 0.05) is 12.7 Å². The van der Waals surface area contributed by atoms with Crippen LogP contribution in [0.4, 0.5) is 0 Å². The van der Waals surface area contributed by atoms with Gasteiger partial charge in [0.05, 0.1) is 26.7 Å². The molecule has 0 unspecified atom stereocenters. The molecule has 0 radical (unpaired) electrons. The van der Waals surface area contributed by atoms with Crippen LogP contribution in [-0.2, 0) is 15.3 Å². The van der Waals surface area contributed by atoms with Gasteiger partial charge >= 0.3 is 5.97 Å². The first-order valence-corrected chi connectivity index (χ1v) is 7.46. The number of rotatable bonds is 6. The summed E-state index contributed by atoms with van der Waals surface area (Å²) in [6.07, 6.45) is 0. The van der Waals surface area contributed by atoms with Crippen LogP contribution in [0.25, 0.3) is 0 Å². The molecule has 0 N–H and O–H groups in total. The van der Waals surface area contributed by atoms with E-state index >= 15 is 0 Å². The molecule has 1 aromatic rings. The molecule has 4 nitrogen and oxygen atoms in total. The third kappa shape index (κ3) is 6.73. The van der Waals surface area contributed by atoms with Crippen molar-refractivity contribution >= 4 is 22.8 Å². The van der Waals surface area contributed by atoms with E-state index < -0.39 is 0 Å². The Morgan fingerprint density at radius 1 is 1.15 bits per heavy atom. The quantitative estimate of drug-likeness (QED) is 0.597. The second-order valence-corrected chi connectivity index (χ2v) is 6.78. The number of carbonyl (C=O) groups is 2. The fraction of sp³-hybridized carbons (Fsp3) is 0.467. The molecule has 110 valence electrons. The minimum Gasteiger partial charge on any atom is -0.456 e. The molecule has 0 heterocycles. The number of likely N-dealkylation sites (N-methyl/N-ethyl adjacent to an activating group) is 1. The van der Waals surface area contributed by atoms with E-state index in [0.717, 1.165) is 16.6 Å². The van der Waals surface area contributed by atoms with Crippen LogP contribution in [0.3, 0.4) is 0 Å². The second kappa shape index (κ2) is 7.45. The lowest BCUT2D eigenvalue weighted by atomic mass is 10.1. The summed E-state index contributed by atoms with van der Waals surface area (Å²) in [5, 5.41) is 0.0915. The first-order chi connectivity index (χ1) is 9.28. The number of benzene rings is 1. The van der Waals surface area contributed by atoms with Crippen molar-refractivity contribution in [2.45, 2.75) is 12.7 Å². The topological polar surface area (TPSA) is 43.4 Å². The average molecular weight is 296 g/mol. The molecule has 0 aromatic heterocycles. The van der Waals surface area contributed by atoms with Crippen molar-refractivity contribution in [3.05, 3.63) is 35.4 Å². The van der Waals surface area contributed by atoms with Crippen LogP contribution in [-0.4, -0.2) is 49.9 Å². The normalized spacial score (nSPS) is 11.2. The predicted octanol–water partition coefficient (Wildman–Crippen LogP) is 2.33. The van der Waals surface area contributed by atoms with Crippen LogP contribution in [0.1, 0.15) is 22.8 Å². The van der Waals surface area contributed by atoms with Gasteiger partial charge in [-0.25, -0.2) is 4.79 Å². The van der Waals surface area contributed by atoms with Crippen molar-refractivity contribution in [2.75, 3.05) is 34.3 Å². The van der Waals surface area contributed by atoms with Gasteiger partial charge in [-0.3, -0.25) is 4.79 Å². The van der Waals surface area contributed by atoms with Crippen LogP contribution in [0.15, 0.2) is 24.3 Å². The number of hydrogen-bond acceptors (Lipinski definition) is 4. The fourth-order valence-electron chi connectivity index (χ4n) is 1.42. The van der Waals surface area contributed by atoms with E-state index in [-0.39, 0.29) is 11.1 Å². The molecule has 0 amide bonds. The summed E-state index contributed by atoms with van der Waals surface area (Å²) in [6.45, 7) is 2.73. The number of ether oxygens (including phenoxy) is 1. The molecule has 0 fully saturated rings. The van der Waals surface area contributed by atoms with Gasteiger partial charge in [-0.2, -0.15) is 0 Å². The molecular formula is C15H22NO3S+. The van der Waals surface area contributed by atoms with Crippen LogP contribution in [0.5, 0.6) is 0 Å². The lowest BCUT2D eigenvalue weighted by Gasteiger charge is -2.23. The average Bonchev–Trinajstić information content (AvgIpc) is 2.35. The van der Waals surface area contributed by atoms with Crippen molar-refractivity contribution in [1.29, 1.82) is 0 Å². The summed E-state index contributed by atoms with van der Waals surface area (Å²) >= 11 is 1.26.